The minimum Gasteiger partial charge on any atom is -0.481 e. The van der Waals surface area contributed by atoms with E-state index >= 15 is 0 Å². The highest BCUT2D eigenvalue weighted by molar-refractivity contribution is 6.22. The van der Waals surface area contributed by atoms with Gasteiger partial charge in [0.05, 0.1) is 82.4 Å². The second-order valence-corrected chi connectivity index (χ2v) is 31.4. The lowest BCUT2D eigenvalue weighted by molar-refractivity contribution is -0.169. The van der Waals surface area contributed by atoms with E-state index in [0.29, 0.717) is 69.2 Å². The Labute approximate surface area is 653 Å². The number of carbonyl (C=O) groups is 9. The third kappa shape index (κ3) is 19.5. The van der Waals surface area contributed by atoms with Gasteiger partial charge in [0.2, 0.25) is 30.1 Å². The predicted molar refractivity (Wildman–Crippen MR) is 434 cm³/mol. The van der Waals surface area contributed by atoms with Crippen LogP contribution in [-0.2, 0) is 52.6 Å². The summed E-state index contributed by atoms with van der Waals surface area (Å²) in [6, 6.07) is 52.0. The first-order chi connectivity index (χ1) is 53.1. The summed E-state index contributed by atoms with van der Waals surface area (Å²) in [5.41, 5.74) is 18.8. The highest BCUT2D eigenvalue weighted by Gasteiger charge is 2.53. The molecule has 3 saturated carbocycles. The molecule has 0 bridgehead atoms. The van der Waals surface area contributed by atoms with Gasteiger partial charge in [0.25, 0.3) is 17.7 Å². The van der Waals surface area contributed by atoms with Crippen LogP contribution < -0.4 is 36.8 Å². The Balaban J connectivity index is 0.000000178. The number of anilines is 3. The number of nitrogens with two attached hydrogens (primary N) is 2. The second-order valence-electron chi connectivity index (χ2n) is 31.4. The summed E-state index contributed by atoms with van der Waals surface area (Å²) in [6.45, 7) is 12.1. The number of benzene rings is 6. The Morgan fingerprint density at radius 3 is 1.02 bits per heavy atom. The summed E-state index contributed by atoms with van der Waals surface area (Å²) >= 11 is 0. The van der Waals surface area contributed by atoms with Gasteiger partial charge in [0.15, 0.2) is 6.17 Å². The number of rotatable bonds is 20. The molecule has 6 aromatic rings. The highest BCUT2D eigenvalue weighted by atomic mass is 16.5. The molecule has 590 valence electrons. The number of aliphatic imine (C=N–C) groups is 3. The molecule has 3 aliphatic heterocycles. The zero-order valence-electron chi connectivity index (χ0n) is 66.3. The van der Waals surface area contributed by atoms with Crippen molar-refractivity contribution < 1.29 is 57.7 Å². The lowest BCUT2D eigenvalue weighted by atomic mass is 9.63. The summed E-state index contributed by atoms with van der Waals surface area (Å²) in [6.07, 6.45) is 10.6. The van der Waals surface area contributed by atoms with E-state index in [4.69, 9.17) is 30.9 Å². The number of fused-ring (bicyclic) bond motifs is 3. The lowest BCUT2D eigenvalue weighted by Gasteiger charge is -2.41. The van der Waals surface area contributed by atoms with Gasteiger partial charge in [-0.15, -0.1) is 0 Å². The van der Waals surface area contributed by atoms with Crippen molar-refractivity contribution in [1.29, 1.82) is 0 Å². The van der Waals surface area contributed by atoms with E-state index in [0.717, 1.165) is 114 Å². The van der Waals surface area contributed by atoms with Gasteiger partial charge in [0.1, 0.15) is 0 Å². The summed E-state index contributed by atoms with van der Waals surface area (Å²) < 4.78 is 10.2. The zero-order chi connectivity index (χ0) is 80.3. The Morgan fingerprint density at radius 2 is 0.703 bits per heavy atom. The van der Waals surface area contributed by atoms with Crippen molar-refractivity contribution >= 4 is 87.5 Å². The maximum atomic E-state index is 14.0. The lowest BCUT2D eigenvalue weighted by Crippen LogP contribution is -2.54. The number of nitrogens with zero attached hydrogens (tertiary/aromatic N) is 6. The number of carboxylic acids is 1. The average Bonchev–Trinajstić information content (AvgIpc) is 1.42. The Hall–Kier alpha value is -10.5. The third-order valence-electron chi connectivity index (χ3n) is 22.7. The van der Waals surface area contributed by atoms with Gasteiger partial charge in [-0.3, -0.25) is 48.1 Å². The van der Waals surface area contributed by atoms with Gasteiger partial charge < -0.3 is 51.4 Å². The summed E-state index contributed by atoms with van der Waals surface area (Å²) in [5, 5.41) is 15.4. The van der Waals surface area contributed by atoms with Crippen LogP contribution >= 0.6 is 0 Å². The molecule has 0 aromatic heterocycles. The minimum absolute atomic E-state index is 0.180. The second kappa shape index (κ2) is 38.4. The van der Waals surface area contributed by atoms with Crippen LogP contribution in [0.15, 0.2) is 179 Å². The maximum absolute atomic E-state index is 14.0. The molecule has 6 aromatic carbocycles. The fraction of sp³-hybridized carbons (Fsp3) is 0.461. The van der Waals surface area contributed by atoms with E-state index in [1.54, 1.807) is 35.8 Å². The number of para-hydroxylation sites is 3. The number of methoxy groups -OCH3 is 2. The predicted octanol–water partition coefficient (Wildman–Crippen LogP) is 13.4. The SMILES string of the molecule is CC(C)CC(C(=O)NC1N=C(c2ccccc2)c2ccccc2N(C)C1=O)C1(C(N)=O)CCCCC1.CN1C(=O)C(N)N=C(c2ccccc2)c2ccccc21.COC(=O)C1(C(CC(C)C)C(=O)NC2N=C(c3ccccc3)c3ccccc3N(C)C2=O)CCCCC1.COC(=O)C1(C(CC(C)C)C(=O)O)CCCCC1. The van der Waals surface area contributed by atoms with E-state index < -0.39 is 64.4 Å². The molecule has 0 radical (unpaired) electrons. The Morgan fingerprint density at radius 1 is 0.423 bits per heavy atom. The van der Waals surface area contributed by atoms with Gasteiger partial charge >= 0.3 is 17.9 Å². The van der Waals surface area contributed by atoms with Gasteiger partial charge in [-0.2, -0.15) is 0 Å². The number of ether oxygens (including phenoxy) is 2. The topological polar surface area (TPSA) is 315 Å². The molecule has 111 heavy (non-hydrogen) atoms. The number of carboxylic acid groups (broad SMARTS) is 1. The van der Waals surface area contributed by atoms with Crippen LogP contribution in [0.25, 0.3) is 0 Å². The molecule has 12 rings (SSSR count). The molecular formula is C89H112N10O12. The van der Waals surface area contributed by atoms with Gasteiger partial charge in [0, 0.05) is 54.5 Å². The van der Waals surface area contributed by atoms with Crippen molar-refractivity contribution in [3.8, 4) is 0 Å². The number of hydrogen-bond donors (Lipinski definition) is 5. The molecule has 7 N–H and O–H groups in total. The monoisotopic (exact) mass is 1510 g/mol. The van der Waals surface area contributed by atoms with Crippen LogP contribution in [0.2, 0.25) is 0 Å². The van der Waals surface area contributed by atoms with Crippen LogP contribution in [-0.4, -0.2) is 129 Å². The number of likely N-dealkylation sites (N-methyl/N-ethyl adjacent to an activating group) is 3. The normalized spacial score (nSPS) is 19.8. The number of benzodiazepines with no additional fused rings is 3. The molecule has 0 saturated heterocycles. The van der Waals surface area contributed by atoms with Gasteiger partial charge in [-0.05, 0) is 93.7 Å². The van der Waals surface area contributed by atoms with Crippen molar-refractivity contribution in [3.05, 3.63) is 197 Å². The fourth-order valence-electron chi connectivity index (χ4n) is 17.0. The molecule has 3 fully saturated rings. The first-order valence-corrected chi connectivity index (χ1v) is 39.2. The number of carbonyl (C=O) groups excluding carboxylic acids is 8. The van der Waals surface area contributed by atoms with Crippen molar-refractivity contribution in [3.63, 3.8) is 0 Å². The van der Waals surface area contributed by atoms with Crippen molar-refractivity contribution in [2.24, 2.45) is 78.2 Å². The molecule has 22 heteroatoms. The van der Waals surface area contributed by atoms with Crippen molar-refractivity contribution in [2.45, 2.75) is 176 Å². The van der Waals surface area contributed by atoms with E-state index in [9.17, 15) is 48.3 Å². The van der Waals surface area contributed by atoms with Crippen LogP contribution in [0.4, 0.5) is 17.1 Å². The molecule has 6 aliphatic rings. The molecular weight excluding hydrogens is 1400 g/mol. The Kier molecular flexibility index (Phi) is 29.3. The average molecular weight is 1510 g/mol. The standard InChI is InChI=1S/C30H37N3O4.C29H36N4O3.C16H15N3O.C14H24O4/c1-20(2)19-23(30(29(36)37-4)17-11-6-12-18-30)27(34)32-26-28(35)33(3)24-16-10-9-15-22(24)25(31-26)21-13-7-5-8-14-21;1-19(2)18-22(29(28(30)36)16-10-5-11-17-29)26(34)32-25-27(35)33(3)23-15-9-8-14-21(23)24(31-25)20-12-6-4-7-13-20;1-19-13-10-6-5-9-12(13)14(18-15(17)16(19)20)11-7-3-2-4-8-11;1-10(2)9-11(12(15)16)14(13(17)18-3)7-5-4-6-8-14/h5,7-10,13-16,20,23,26H,6,11-12,17-19H2,1-4H3,(H,32,34);4,6-9,12-15,19,22,25H,5,10-11,16-18H2,1-3H3,(H2,30,36)(H,32,34);2-10,15H,17H2,1H3;10-11H,4-9H2,1-3H3,(H,15,16). The third-order valence-corrected chi connectivity index (χ3v) is 22.7. The molecule has 6 amide bonds. The van der Waals surface area contributed by atoms with Crippen LogP contribution in [0.5, 0.6) is 0 Å². The van der Waals surface area contributed by atoms with E-state index in [1.165, 1.54) is 14.2 Å². The molecule has 3 heterocycles. The first-order valence-electron chi connectivity index (χ1n) is 39.2. The summed E-state index contributed by atoms with van der Waals surface area (Å²) in [7, 11) is 7.87. The van der Waals surface area contributed by atoms with Crippen LogP contribution in [0.1, 0.15) is 190 Å². The number of nitrogens with one attached hydrogen (secondary N) is 2. The number of amides is 6. The maximum Gasteiger partial charge on any atom is 0.312 e. The van der Waals surface area contributed by atoms with Crippen LogP contribution in [0.3, 0.4) is 0 Å². The molecule has 22 nitrogen and oxygen atoms in total. The molecule has 3 aliphatic carbocycles. The van der Waals surface area contributed by atoms with E-state index in [2.05, 4.69) is 15.6 Å². The van der Waals surface area contributed by atoms with Gasteiger partial charge in [-0.1, -0.05) is 245 Å². The number of primary amides is 1. The number of esters is 2. The molecule has 0 spiro atoms. The van der Waals surface area contributed by atoms with Crippen molar-refractivity contribution in [2.75, 3.05) is 50.1 Å². The van der Waals surface area contributed by atoms with Gasteiger partial charge in [-0.25, -0.2) is 9.98 Å². The fourth-order valence-corrected chi connectivity index (χ4v) is 17.0. The van der Waals surface area contributed by atoms with E-state index in [-0.39, 0.29) is 59.2 Å². The highest BCUT2D eigenvalue weighted by Crippen LogP contribution is 2.49. The quantitative estimate of drug-likeness (QED) is 0.0445. The smallest absolute Gasteiger partial charge is 0.312 e. The summed E-state index contributed by atoms with van der Waals surface area (Å²) in [4.78, 5) is 136. The molecule has 6 unspecified atom stereocenters. The molecule has 6 atom stereocenters. The number of hydrogen-bond acceptors (Lipinski definition) is 15. The van der Waals surface area contributed by atoms with E-state index in [1.807, 2.05) is 205 Å². The zero-order valence-corrected chi connectivity index (χ0v) is 66.3. The largest absolute Gasteiger partial charge is 0.481 e. The minimum atomic E-state index is -1.12. The van der Waals surface area contributed by atoms with Crippen LogP contribution in [0, 0.1) is 51.8 Å². The van der Waals surface area contributed by atoms with Crippen molar-refractivity contribution in [1.82, 2.24) is 10.6 Å². The Bertz CT molecular complexity index is 4350. The first kappa shape index (κ1) is 84.5. The summed E-state index contributed by atoms with van der Waals surface area (Å²) in [5.74, 6) is -4.71. The number of aliphatic carboxylic acids is 1.